The van der Waals surface area contributed by atoms with E-state index in [0.717, 1.165) is 12.0 Å². The molecule has 0 saturated heterocycles. The molecular formula is C11H18N2O2S. The van der Waals surface area contributed by atoms with Gasteiger partial charge in [-0.25, -0.2) is 13.1 Å². The minimum absolute atomic E-state index is 0.0798. The van der Waals surface area contributed by atoms with Crippen LogP contribution in [0.4, 0.5) is 0 Å². The van der Waals surface area contributed by atoms with Gasteiger partial charge < -0.3 is 5.73 Å². The van der Waals surface area contributed by atoms with Crippen LogP contribution in [-0.2, 0) is 16.4 Å². The van der Waals surface area contributed by atoms with Gasteiger partial charge in [0.05, 0.1) is 4.90 Å². The van der Waals surface area contributed by atoms with E-state index < -0.39 is 10.0 Å². The fraction of sp³-hybridized carbons (Fsp3) is 0.455. The topological polar surface area (TPSA) is 72.2 Å². The van der Waals surface area contributed by atoms with Crippen molar-refractivity contribution in [2.24, 2.45) is 5.73 Å². The van der Waals surface area contributed by atoms with Crippen LogP contribution in [0.2, 0.25) is 0 Å². The van der Waals surface area contributed by atoms with Crippen LogP contribution in [0.5, 0.6) is 0 Å². The summed E-state index contributed by atoms with van der Waals surface area (Å²) in [5, 5.41) is 0. The number of hydrogen-bond donors (Lipinski definition) is 2. The zero-order valence-corrected chi connectivity index (χ0v) is 10.4. The van der Waals surface area contributed by atoms with Gasteiger partial charge in [0.1, 0.15) is 0 Å². The smallest absolute Gasteiger partial charge is 0.240 e. The van der Waals surface area contributed by atoms with Crippen molar-refractivity contribution in [1.82, 2.24) is 4.72 Å². The fourth-order valence-corrected chi connectivity index (χ4v) is 2.49. The first-order valence-electron chi connectivity index (χ1n) is 5.30. The van der Waals surface area contributed by atoms with Crippen LogP contribution < -0.4 is 10.5 Å². The second kappa shape index (κ2) is 5.43. The summed E-state index contributed by atoms with van der Waals surface area (Å²) in [6.07, 6.45) is 0.752. The summed E-state index contributed by atoms with van der Waals surface area (Å²) in [7, 11) is -3.34. The summed E-state index contributed by atoms with van der Waals surface area (Å²) >= 11 is 0. The van der Waals surface area contributed by atoms with Crippen molar-refractivity contribution in [3.8, 4) is 0 Å². The third kappa shape index (κ3) is 3.59. The van der Waals surface area contributed by atoms with Gasteiger partial charge >= 0.3 is 0 Å². The lowest BCUT2D eigenvalue weighted by Gasteiger charge is -2.07. The predicted molar refractivity (Wildman–Crippen MR) is 64.7 cm³/mol. The molecule has 1 rings (SSSR count). The minimum atomic E-state index is -3.34. The molecule has 16 heavy (non-hydrogen) atoms. The van der Waals surface area contributed by atoms with E-state index in [2.05, 4.69) is 4.72 Å². The Bertz CT molecular complexity index is 424. The van der Waals surface area contributed by atoms with Crippen LogP contribution >= 0.6 is 0 Å². The molecule has 5 heteroatoms. The molecule has 0 radical (unpaired) electrons. The van der Waals surface area contributed by atoms with Gasteiger partial charge in [0, 0.05) is 12.6 Å². The maximum absolute atomic E-state index is 11.6. The van der Waals surface area contributed by atoms with Crippen LogP contribution in [0, 0.1) is 0 Å². The fourth-order valence-electron chi connectivity index (χ4n) is 1.45. The molecule has 0 aliphatic heterocycles. The summed E-state index contributed by atoms with van der Waals surface area (Å²) in [4.78, 5) is 0.294. The lowest BCUT2D eigenvalue weighted by molar-refractivity contribution is 0.584. The zero-order chi connectivity index (χ0) is 12.2. The largest absolute Gasteiger partial charge is 0.328 e. The highest BCUT2D eigenvalue weighted by Gasteiger charge is 2.11. The standard InChI is InChI=1S/C11H18N2O2S/c1-3-13-16(14,15)11-6-4-10(5-7-11)8-9(2)12/h4-7,9,13H,3,8,12H2,1-2H3. The molecule has 3 N–H and O–H groups in total. The molecule has 0 saturated carbocycles. The molecule has 1 atom stereocenters. The van der Waals surface area contributed by atoms with Gasteiger partial charge in [-0.1, -0.05) is 19.1 Å². The van der Waals surface area contributed by atoms with E-state index in [0.29, 0.717) is 11.4 Å². The first kappa shape index (κ1) is 13.2. The SMILES string of the molecule is CCNS(=O)(=O)c1ccc(CC(C)N)cc1. The van der Waals surface area contributed by atoms with Crippen LogP contribution in [-0.4, -0.2) is 21.0 Å². The second-order valence-electron chi connectivity index (χ2n) is 3.83. The summed E-state index contributed by atoms with van der Waals surface area (Å²) in [6, 6.07) is 6.89. The summed E-state index contributed by atoms with van der Waals surface area (Å²) in [6.45, 7) is 4.06. The van der Waals surface area contributed by atoms with Crippen LogP contribution in [0.25, 0.3) is 0 Å². The highest BCUT2D eigenvalue weighted by Crippen LogP contribution is 2.11. The van der Waals surface area contributed by atoms with Crippen molar-refractivity contribution < 1.29 is 8.42 Å². The van der Waals surface area contributed by atoms with Gasteiger partial charge in [-0.2, -0.15) is 0 Å². The Labute approximate surface area is 96.9 Å². The maximum Gasteiger partial charge on any atom is 0.240 e. The van der Waals surface area contributed by atoms with E-state index in [1.54, 1.807) is 31.2 Å². The van der Waals surface area contributed by atoms with E-state index in [4.69, 9.17) is 5.73 Å². The normalized spacial score (nSPS) is 13.7. The van der Waals surface area contributed by atoms with Gasteiger partial charge in [0.15, 0.2) is 0 Å². The number of hydrogen-bond acceptors (Lipinski definition) is 3. The number of rotatable bonds is 5. The Kier molecular flexibility index (Phi) is 4.46. The number of nitrogens with two attached hydrogens (primary N) is 1. The highest BCUT2D eigenvalue weighted by atomic mass is 32.2. The van der Waals surface area contributed by atoms with Crippen molar-refractivity contribution in [3.05, 3.63) is 29.8 Å². The average Bonchev–Trinajstić information content (AvgIpc) is 2.17. The van der Waals surface area contributed by atoms with Crippen molar-refractivity contribution in [3.63, 3.8) is 0 Å². The quantitative estimate of drug-likeness (QED) is 0.805. The van der Waals surface area contributed by atoms with Gasteiger partial charge in [0.2, 0.25) is 10.0 Å². The van der Waals surface area contributed by atoms with E-state index >= 15 is 0 Å². The second-order valence-corrected chi connectivity index (χ2v) is 5.59. The van der Waals surface area contributed by atoms with Gasteiger partial charge in [-0.3, -0.25) is 0 Å². The van der Waals surface area contributed by atoms with E-state index in [1.807, 2.05) is 6.92 Å². The zero-order valence-electron chi connectivity index (χ0n) is 9.60. The molecule has 0 fully saturated rings. The van der Waals surface area contributed by atoms with Crippen molar-refractivity contribution >= 4 is 10.0 Å². The number of benzene rings is 1. The molecule has 0 amide bonds. The Morgan fingerprint density at radius 3 is 2.31 bits per heavy atom. The van der Waals surface area contributed by atoms with Crippen molar-refractivity contribution in [2.75, 3.05) is 6.54 Å². The maximum atomic E-state index is 11.6. The molecule has 1 aromatic carbocycles. The van der Waals surface area contributed by atoms with E-state index in [9.17, 15) is 8.42 Å². The molecule has 0 aliphatic rings. The predicted octanol–water partition coefficient (Wildman–Crippen LogP) is 0.874. The lowest BCUT2D eigenvalue weighted by atomic mass is 10.1. The molecule has 1 unspecified atom stereocenters. The Morgan fingerprint density at radius 2 is 1.88 bits per heavy atom. The van der Waals surface area contributed by atoms with Crippen LogP contribution in [0.1, 0.15) is 19.4 Å². The van der Waals surface area contributed by atoms with Crippen LogP contribution in [0.3, 0.4) is 0 Å². The Balaban J connectivity index is 2.87. The molecule has 1 aromatic rings. The number of sulfonamides is 1. The molecule has 90 valence electrons. The minimum Gasteiger partial charge on any atom is -0.328 e. The molecule has 0 heterocycles. The van der Waals surface area contributed by atoms with Crippen LogP contribution in [0.15, 0.2) is 29.2 Å². The lowest BCUT2D eigenvalue weighted by Crippen LogP contribution is -2.23. The summed E-state index contributed by atoms with van der Waals surface area (Å²) < 4.78 is 25.7. The summed E-state index contributed by atoms with van der Waals surface area (Å²) in [5.74, 6) is 0. The van der Waals surface area contributed by atoms with E-state index in [-0.39, 0.29) is 6.04 Å². The Hall–Kier alpha value is -0.910. The van der Waals surface area contributed by atoms with Crippen molar-refractivity contribution in [1.29, 1.82) is 0 Å². The average molecular weight is 242 g/mol. The van der Waals surface area contributed by atoms with Gasteiger partial charge in [-0.05, 0) is 31.0 Å². The molecule has 0 aromatic heterocycles. The monoisotopic (exact) mass is 242 g/mol. The molecule has 0 aliphatic carbocycles. The third-order valence-corrected chi connectivity index (χ3v) is 3.69. The first-order valence-corrected chi connectivity index (χ1v) is 6.78. The molecule has 0 bridgehead atoms. The van der Waals surface area contributed by atoms with Gasteiger partial charge in [-0.15, -0.1) is 0 Å². The molecular weight excluding hydrogens is 224 g/mol. The Morgan fingerprint density at radius 1 is 1.31 bits per heavy atom. The highest BCUT2D eigenvalue weighted by molar-refractivity contribution is 7.89. The third-order valence-electron chi connectivity index (χ3n) is 2.13. The van der Waals surface area contributed by atoms with Gasteiger partial charge in [0.25, 0.3) is 0 Å². The summed E-state index contributed by atoms with van der Waals surface area (Å²) in [5.41, 5.74) is 6.71. The first-order chi connectivity index (χ1) is 7.45. The van der Waals surface area contributed by atoms with E-state index in [1.165, 1.54) is 0 Å². The number of nitrogens with one attached hydrogen (secondary N) is 1. The van der Waals surface area contributed by atoms with Crippen molar-refractivity contribution in [2.45, 2.75) is 31.2 Å². The molecule has 4 nitrogen and oxygen atoms in total. The molecule has 0 spiro atoms.